The van der Waals surface area contributed by atoms with Crippen molar-refractivity contribution in [3.05, 3.63) is 88.0 Å². The highest BCUT2D eigenvalue weighted by atomic mass is 16.5. The van der Waals surface area contributed by atoms with Gasteiger partial charge in [-0.05, 0) is 55.8 Å². The van der Waals surface area contributed by atoms with E-state index in [-0.39, 0.29) is 5.56 Å². The van der Waals surface area contributed by atoms with Crippen LogP contribution in [-0.2, 0) is 11.3 Å². The normalized spacial score (nSPS) is 14.4. The maximum Gasteiger partial charge on any atom is 0.347 e. The topological polar surface area (TPSA) is 93.7 Å². The minimum atomic E-state index is -0.640. The van der Waals surface area contributed by atoms with E-state index in [1.807, 2.05) is 48.7 Å². The van der Waals surface area contributed by atoms with Gasteiger partial charge >= 0.3 is 5.63 Å². The van der Waals surface area contributed by atoms with Crippen molar-refractivity contribution in [3.8, 4) is 5.69 Å². The number of hydrogen-bond donors (Lipinski definition) is 0. The maximum atomic E-state index is 12.8. The lowest BCUT2D eigenvalue weighted by atomic mass is 10.1. The van der Waals surface area contributed by atoms with Crippen LogP contribution in [0.5, 0.6) is 0 Å². The average molecular weight is 514 g/mol. The minimum absolute atomic E-state index is 0.0105. The SMILES string of the molecule is CCN(CC)c1ccc2cc(C(=O)/C=C/c3ccc(-n4cc(CN5CCOCC5)nn4)cc3)c(=O)oc2c1. The van der Waals surface area contributed by atoms with Crippen LogP contribution in [0, 0.1) is 0 Å². The van der Waals surface area contributed by atoms with Gasteiger partial charge in [-0.2, -0.15) is 0 Å². The number of anilines is 1. The lowest BCUT2D eigenvalue weighted by Gasteiger charge is -2.25. The molecule has 0 atom stereocenters. The van der Waals surface area contributed by atoms with E-state index in [0.29, 0.717) is 11.0 Å². The number of ketones is 1. The summed E-state index contributed by atoms with van der Waals surface area (Å²) in [7, 11) is 0. The summed E-state index contributed by atoms with van der Waals surface area (Å²) in [6.45, 7) is 9.87. The Kier molecular flexibility index (Phi) is 7.76. The summed E-state index contributed by atoms with van der Waals surface area (Å²) >= 11 is 0. The van der Waals surface area contributed by atoms with Crippen molar-refractivity contribution in [2.75, 3.05) is 44.3 Å². The Bertz CT molecular complexity index is 1500. The van der Waals surface area contributed by atoms with E-state index in [9.17, 15) is 9.59 Å². The Morgan fingerprint density at radius 2 is 1.82 bits per heavy atom. The van der Waals surface area contributed by atoms with Crippen LogP contribution in [0.2, 0.25) is 0 Å². The Labute approximate surface area is 220 Å². The summed E-state index contributed by atoms with van der Waals surface area (Å²) < 4.78 is 12.6. The first kappa shape index (κ1) is 25.6. The number of morpholine rings is 1. The van der Waals surface area contributed by atoms with E-state index in [1.165, 1.54) is 6.08 Å². The third-order valence-electron chi connectivity index (χ3n) is 6.73. The van der Waals surface area contributed by atoms with E-state index in [1.54, 1.807) is 16.8 Å². The first-order chi connectivity index (χ1) is 18.5. The fourth-order valence-electron chi connectivity index (χ4n) is 4.54. The van der Waals surface area contributed by atoms with Gasteiger partial charge in [0, 0.05) is 49.9 Å². The highest BCUT2D eigenvalue weighted by Crippen LogP contribution is 2.22. The second-order valence-corrected chi connectivity index (χ2v) is 9.17. The van der Waals surface area contributed by atoms with E-state index < -0.39 is 11.4 Å². The second-order valence-electron chi connectivity index (χ2n) is 9.17. The molecule has 1 aliphatic rings. The van der Waals surface area contributed by atoms with Crippen molar-refractivity contribution >= 4 is 28.5 Å². The molecule has 0 unspecified atom stereocenters. The van der Waals surface area contributed by atoms with E-state index in [2.05, 4.69) is 34.0 Å². The second kappa shape index (κ2) is 11.5. The van der Waals surface area contributed by atoms with Gasteiger partial charge in [-0.3, -0.25) is 9.69 Å². The van der Waals surface area contributed by atoms with Crippen molar-refractivity contribution in [2.24, 2.45) is 0 Å². The molecule has 2 aromatic heterocycles. The van der Waals surface area contributed by atoms with Gasteiger partial charge in [-0.15, -0.1) is 5.10 Å². The maximum absolute atomic E-state index is 12.8. The highest BCUT2D eigenvalue weighted by molar-refractivity contribution is 6.07. The summed E-state index contributed by atoms with van der Waals surface area (Å²) in [4.78, 5) is 29.9. The molecule has 1 saturated heterocycles. The van der Waals surface area contributed by atoms with E-state index in [0.717, 1.165) is 68.6 Å². The molecule has 0 radical (unpaired) electrons. The molecule has 1 fully saturated rings. The van der Waals surface area contributed by atoms with Crippen molar-refractivity contribution in [1.29, 1.82) is 0 Å². The lowest BCUT2D eigenvalue weighted by molar-refractivity contribution is 0.0336. The molecule has 0 aliphatic carbocycles. The molecule has 196 valence electrons. The lowest BCUT2D eigenvalue weighted by Crippen LogP contribution is -2.35. The first-order valence-corrected chi connectivity index (χ1v) is 12.9. The molecule has 1 aliphatic heterocycles. The number of benzene rings is 2. The molecule has 38 heavy (non-hydrogen) atoms. The Morgan fingerprint density at radius 3 is 2.55 bits per heavy atom. The highest BCUT2D eigenvalue weighted by Gasteiger charge is 2.14. The van der Waals surface area contributed by atoms with Gasteiger partial charge in [0.1, 0.15) is 11.1 Å². The van der Waals surface area contributed by atoms with Gasteiger partial charge in [0.15, 0.2) is 5.78 Å². The number of fused-ring (bicyclic) bond motifs is 1. The van der Waals surface area contributed by atoms with Gasteiger partial charge in [-0.25, -0.2) is 9.48 Å². The Balaban J connectivity index is 1.26. The van der Waals surface area contributed by atoms with E-state index >= 15 is 0 Å². The monoisotopic (exact) mass is 513 g/mol. The van der Waals surface area contributed by atoms with Gasteiger partial charge in [0.2, 0.25) is 0 Å². The van der Waals surface area contributed by atoms with Crippen LogP contribution < -0.4 is 10.5 Å². The number of aromatic nitrogens is 3. The number of allylic oxidation sites excluding steroid dienone is 1. The van der Waals surface area contributed by atoms with Crippen LogP contribution in [-0.4, -0.2) is 65.1 Å². The van der Waals surface area contributed by atoms with Crippen molar-refractivity contribution in [1.82, 2.24) is 19.9 Å². The van der Waals surface area contributed by atoms with Crippen LogP contribution in [0.3, 0.4) is 0 Å². The number of carbonyl (C=O) groups is 1. The Morgan fingerprint density at radius 1 is 1.05 bits per heavy atom. The fourth-order valence-corrected chi connectivity index (χ4v) is 4.54. The summed E-state index contributed by atoms with van der Waals surface area (Å²) in [6, 6.07) is 14.9. The van der Waals surface area contributed by atoms with Crippen LogP contribution in [0.1, 0.15) is 35.5 Å². The van der Waals surface area contributed by atoms with Crippen molar-refractivity contribution in [2.45, 2.75) is 20.4 Å². The zero-order valence-corrected chi connectivity index (χ0v) is 21.7. The summed E-state index contributed by atoms with van der Waals surface area (Å²) in [5.74, 6) is -0.401. The average Bonchev–Trinajstić information content (AvgIpc) is 3.41. The molecule has 2 aromatic carbocycles. The molecular weight excluding hydrogens is 482 g/mol. The van der Waals surface area contributed by atoms with Gasteiger partial charge in [-0.1, -0.05) is 23.4 Å². The number of ether oxygens (including phenoxy) is 1. The van der Waals surface area contributed by atoms with Crippen LogP contribution in [0.15, 0.2) is 70.0 Å². The van der Waals surface area contributed by atoms with E-state index in [4.69, 9.17) is 9.15 Å². The summed E-state index contributed by atoms with van der Waals surface area (Å²) in [5, 5.41) is 9.24. The Hall–Kier alpha value is -4.08. The summed E-state index contributed by atoms with van der Waals surface area (Å²) in [6.07, 6.45) is 5.01. The van der Waals surface area contributed by atoms with Gasteiger partial charge in [0.25, 0.3) is 0 Å². The molecule has 4 aromatic rings. The molecule has 0 spiro atoms. The predicted octanol–water partition coefficient (Wildman–Crippen LogP) is 3.95. The van der Waals surface area contributed by atoms with Crippen molar-refractivity contribution in [3.63, 3.8) is 0 Å². The van der Waals surface area contributed by atoms with Gasteiger partial charge in [0.05, 0.1) is 30.8 Å². The third kappa shape index (κ3) is 5.74. The molecule has 3 heterocycles. The standard InChI is InChI=1S/C29H31N5O4/c1-3-33(4-2)25-11-8-22-17-26(29(36)38-28(22)18-25)27(35)12-7-21-5-9-24(10-6-21)34-20-23(30-31-34)19-32-13-15-37-16-14-32/h5-12,17-18,20H,3-4,13-16,19H2,1-2H3/b12-7+. The van der Waals surface area contributed by atoms with Gasteiger partial charge < -0.3 is 14.1 Å². The smallest absolute Gasteiger partial charge is 0.347 e. The third-order valence-corrected chi connectivity index (χ3v) is 6.73. The number of nitrogens with zero attached hydrogens (tertiary/aromatic N) is 5. The predicted molar refractivity (Wildman–Crippen MR) is 147 cm³/mol. The van der Waals surface area contributed by atoms with Crippen LogP contribution in [0.25, 0.3) is 22.7 Å². The number of rotatable bonds is 9. The molecule has 0 saturated carbocycles. The summed E-state index contributed by atoms with van der Waals surface area (Å²) in [5.41, 5.74) is 3.41. The van der Waals surface area contributed by atoms with Crippen LogP contribution in [0.4, 0.5) is 5.69 Å². The molecule has 9 heteroatoms. The largest absolute Gasteiger partial charge is 0.422 e. The van der Waals surface area contributed by atoms with Crippen molar-refractivity contribution < 1.29 is 13.9 Å². The minimum Gasteiger partial charge on any atom is -0.422 e. The quantitative estimate of drug-likeness (QED) is 0.189. The molecular formula is C29H31N5O4. The van der Waals surface area contributed by atoms with Crippen LogP contribution >= 0.6 is 0 Å². The molecule has 0 N–H and O–H groups in total. The molecule has 9 nitrogen and oxygen atoms in total. The molecule has 5 rings (SSSR count). The first-order valence-electron chi connectivity index (χ1n) is 12.9. The number of hydrogen-bond acceptors (Lipinski definition) is 8. The number of carbonyl (C=O) groups excluding carboxylic acids is 1. The zero-order valence-electron chi connectivity index (χ0n) is 21.7. The molecule has 0 amide bonds. The zero-order chi connectivity index (χ0) is 26.5. The fraction of sp³-hybridized carbons (Fsp3) is 0.310. The molecule has 0 bridgehead atoms.